The van der Waals surface area contributed by atoms with Crippen LogP contribution in [0.3, 0.4) is 0 Å². The Morgan fingerprint density at radius 1 is 1.09 bits per heavy atom. The fraction of sp³-hybridized carbons (Fsp3) is 0.481. The minimum atomic E-state index is -1.01. The molecule has 0 radical (unpaired) electrons. The number of anilines is 1. The molecule has 6 heteroatoms. The first-order valence-electron chi connectivity index (χ1n) is 12.2. The summed E-state index contributed by atoms with van der Waals surface area (Å²) in [5.41, 5.74) is 3.69. The number of aromatic nitrogens is 1. The minimum Gasteiger partial charge on any atom is -0.351 e. The van der Waals surface area contributed by atoms with Gasteiger partial charge in [-0.25, -0.2) is 0 Å². The van der Waals surface area contributed by atoms with Gasteiger partial charge >= 0.3 is 0 Å². The van der Waals surface area contributed by atoms with Crippen LogP contribution in [0.5, 0.6) is 0 Å². The van der Waals surface area contributed by atoms with Gasteiger partial charge in [0.1, 0.15) is 11.2 Å². The van der Waals surface area contributed by atoms with Gasteiger partial charge in [-0.15, -0.1) is 11.3 Å². The number of amides is 2. The molecule has 2 aliphatic rings. The highest BCUT2D eigenvalue weighted by atomic mass is 32.1. The number of hydrogen-bond donors (Lipinski definition) is 1. The molecular formula is C27H33N3O2S. The van der Waals surface area contributed by atoms with Crippen molar-refractivity contribution in [1.82, 2.24) is 9.88 Å². The molecule has 5 rings (SSSR count). The minimum absolute atomic E-state index is 0.0552. The number of carbonyl (C=O) groups excluding carboxylic acids is 2. The van der Waals surface area contributed by atoms with Crippen molar-refractivity contribution in [3.63, 3.8) is 0 Å². The van der Waals surface area contributed by atoms with Gasteiger partial charge in [0.15, 0.2) is 0 Å². The standard InChI is InChI=1S/C27H33N3O2S/c1-5-21-14-22-24(33-21)15-23-25(31)30(20-12-17(2)11-18(3)13-20)27(4,16-29(22)23)26(32)28-19-9-7-6-8-10-19/h11-15,19H,5-10,16H2,1-4H3,(H,28,32)/t27-/m0/s1. The predicted octanol–water partition coefficient (Wildman–Crippen LogP) is 5.75. The summed E-state index contributed by atoms with van der Waals surface area (Å²) >= 11 is 1.74. The molecule has 0 bridgehead atoms. The van der Waals surface area contributed by atoms with E-state index in [1.54, 1.807) is 16.2 Å². The van der Waals surface area contributed by atoms with Crippen LogP contribution in [0.15, 0.2) is 30.3 Å². The summed E-state index contributed by atoms with van der Waals surface area (Å²) in [5, 5.41) is 3.32. The fourth-order valence-corrected chi connectivity index (χ4v) is 6.62. The maximum atomic E-state index is 14.0. The molecule has 0 spiro atoms. The van der Waals surface area contributed by atoms with E-state index in [0.29, 0.717) is 12.2 Å². The molecule has 1 fully saturated rings. The summed E-state index contributed by atoms with van der Waals surface area (Å²) in [6.45, 7) is 8.60. The van der Waals surface area contributed by atoms with Gasteiger partial charge in [0.25, 0.3) is 5.91 Å². The van der Waals surface area contributed by atoms with Gasteiger partial charge in [-0.2, -0.15) is 0 Å². The predicted molar refractivity (Wildman–Crippen MR) is 135 cm³/mol. The largest absolute Gasteiger partial charge is 0.351 e. The molecule has 1 saturated carbocycles. The Kier molecular flexibility index (Phi) is 5.60. The van der Waals surface area contributed by atoms with Crippen LogP contribution >= 0.6 is 11.3 Å². The number of carbonyl (C=O) groups is 2. The summed E-state index contributed by atoms with van der Waals surface area (Å²) < 4.78 is 3.19. The highest BCUT2D eigenvalue weighted by Crippen LogP contribution is 2.39. The third kappa shape index (κ3) is 3.78. The SMILES string of the molecule is CCc1cc2c(cc3n2C[C@@](C)(C(=O)NC2CCCCC2)N(c2cc(C)cc(C)c2)C3=O)s1. The van der Waals surface area contributed by atoms with Crippen LogP contribution in [0.2, 0.25) is 0 Å². The Hall–Kier alpha value is -2.60. The first-order valence-corrected chi connectivity index (χ1v) is 13.0. The van der Waals surface area contributed by atoms with Crippen LogP contribution in [0, 0.1) is 13.8 Å². The number of nitrogens with zero attached hydrogens (tertiary/aromatic N) is 2. The van der Waals surface area contributed by atoms with Crippen molar-refractivity contribution in [2.24, 2.45) is 0 Å². The fourth-order valence-electron chi connectivity index (χ4n) is 5.57. The first kappa shape index (κ1) is 22.2. The van der Waals surface area contributed by atoms with Gasteiger partial charge in [0, 0.05) is 16.6 Å². The van der Waals surface area contributed by atoms with Crippen LogP contribution in [0.25, 0.3) is 10.2 Å². The Balaban J connectivity index is 1.62. The zero-order valence-electron chi connectivity index (χ0n) is 20.0. The van der Waals surface area contributed by atoms with E-state index in [9.17, 15) is 9.59 Å². The molecule has 1 atom stereocenters. The second kappa shape index (κ2) is 8.32. The smallest absolute Gasteiger partial charge is 0.275 e. The summed E-state index contributed by atoms with van der Waals surface area (Å²) in [6.07, 6.45) is 6.54. The molecule has 1 aromatic carbocycles. The van der Waals surface area contributed by atoms with Gasteiger partial charge in [-0.3, -0.25) is 14.5 Å². The molecule has 0 saturated heterocycles. The van der Waals surface area contributed by atoms with E-state index in [0.717, 1.165) is 59.1 Å². The number of nitrogens with one attached hydrogen (secondary N) is 1. The lowest BCUT2D eigenvalue weighted by Crippen LogP contribution is -2.65. The van der Waals surface area contributed by atoms with Crippen molar-refractivity contribution in [1.29, 1.82) is 0 Å². The van der Waals surface area contributed by atoms with E-state index in [1.807, 2.05) is 39.0 Å². The summed E-state index contributed by atoms with van der Waals surface area (Å²) in [5.74, 6) is -0.158. The van der Waals surface area contributed by atoms with Crippen molar-refractivity contribution in [2.75, 3.05) is 4.90 Å². The Labute approximate surface area is 199 Å². The summed E-state index contributed by atoms with van der Waals surface area (Å²) in [4.78, 5) is 31.0. The van der Waals surface area contributed by atoms with Crippen molar-refractivity contribution in [3.8, 4) is 0 Å². The van der Waals surface area contributed by atoms with E-state index < -0.39 is 5.54 Å². The maximum absolute atomic E-state index is 14.0. The van der Waals surface area contributed by atoms with E-state index >= 15 is 0 Å². The van der Waals surface area contributed by atoms with Crippen LogP contribution in [-0.4, -0.2) is 28.0 Å². The normalized spacial score (nSPS) is 21.5. The van der Waals surface area contributed by atoms with Gasteiger partial charge in [0.05, 0.1) is 16.8 Å². The lowest BCUT2D eigenvalue weighted by Gasteiger charge is -2.45. The Morgan fingerprint density at radius 3 is 2.45 bits per heavy atom. The summed E-state index contributed by atoms with van der Waals surface area (Å²) in [7, 11) is 0. The quantitative estimate of drug-likeness (QED) is 0.536. The van der Waals surface area contributed by atoms with Crippen LogP contribution in [0.1, 0.15) is 72.4 Å². The van der Waals surface area contributed by atoms with E-state index in [2.05, 4.69) is 28.9 Å². The molecule has 33 heavy (non-hydrogen) atoms. The monoisotopic (exact) mass is 463 g/mol. The van der Waals surface area contributed by atoms with Gasteiger partial charge in [-0.05, 0) is 75.4 Å². The first-order chi connectivity index (χ1) is 15.8. The average Bonchev–Trinajstić information content (AvgIpc) is 3.32. The molecule has 1 aliphatic heterocycles. The van der Waals surface area contributed by atoms with Gasteiger partial charge in [-0.1, -0.05) is 32.3 Å². The lowest BCUT2D eigenvalue weighted by molar-refractivity contribution is -0.127. The zero-order chi connectivity index (χ0) is 23.3. The number of benzene rings is 1. The molecular weight excluding hydrogens is 430 g/mol. The Bertz CT molecular complexity index is 1210. The Morgan fingerprint density at radius 2 is 1.79 bits per heavy atom. The third-order valence-corrected chi connectivity index (χ3v) is 8.48. The highest BCUT2D eigenvalue weighted by Gasteiger charge is 2.49. The molecule has 5 nitrogen and oxygen atoms in total. The summed E-state index contributed by atoms with van der Waals surface area (Å²) in [6, 6.07) is 10.5. The van der Waals surface area contributed by atoms with Crippen molar-refractivity contribution >= 4 is 39.1 Å². The number of aryl methyl sites for hydroxylation is 3. The third-order valence-electron chi connectivity index (χ3n) is 7.27. The topological polar surface area (TPSA) is 54.3 Å². The lowest BCUT2D eigenvalue weighted by atomic mass is 9.90. The molecule has 1 aliphatic carbocycles. The molecule has 3 aromatic rings. The van der Waals surface area contributed by atoms with Crippen LogP contribution < -0.4 is 10.2 Å². The molecule has 1 N–H and O–H groups in total. The molecule has 0 unspecified atom stereocenters. The second-order valence-electron chi connectivity index (χ2n) is 10.0. The van der Waals surface area contributed by atoms with E-state index in [1.165, 1.54) is 11.3 Å². The highest BCUT2D eigenvalue weighted by molar-refractivity contribution is 7.19. The van der Waals surface area contributed by atoms with Gasteiger partial charge in [0.2, 0.25) is 5.91 Å². The van der Waals surface area contributed by atoms with Gasteiger partial charge < -0.3 is 9.88 Å². The molecule has 2 amide bonds. The molecule has 3 heterocycles. The average molecular weight is 464 g/mol. The molecule has 2 aromatic heterocycles. The van der Waals surface area contributed by atoms with E-state index in [4.69, 9.17) is 0 Å². The second-order valence-corrected chi connectivity index (χ2v) is 11.2. The molecule has 174 valence electrons. The zero-order valence-corrected chi connectivity index (χ0v) is 20.8. The van der Waals surface area contributed by atoms with Crippen molar-refractivity contribution < 1.29 is 9.59 Å². The number of fused-ring (bicyclic) bond motifs is 3. The van der Waals surface area contributed by atoms with Crippen molar-refractivity contribution in [2.45, 2.75) is 84.3 Å². The van der Waals surface area contributed by atoms with Crippen molar-refractivity contribution in [3.05, 3.63) is 52.0 Å². The number of hydrogen-bond acceptors (Lipinski definition) is 3. The number of rotatable bonds is 4. The van der Waals surface area contributed by atoms with Crippen LogP contribution in [-0.2, 0) is 17.8 Å². The number of thiophene rings is 1. The maximum Gasteiger partial charge on any atom is 0.275 e. The van der Waals surface area contributed by atoms with Crippen LogP contribution in [0.4, 0.5) is 5.69 Å². The van der Waals surface area contributed by atoms with E-state index in [-0.39, 0.29) is 17.9 Å².